The van der Waals surface area contributed by atoms with Gasteiger partial charge >= 0.3 is 0 Å². The summed E-state index contributed by atoms with van der Waals surface area (Å²) in [7, 11) is 0. The van der Waals surface area contributed by atoms with Crippen molar-refractivity contribution in [3.05, 3.63) is 71.8 Å². The van der Waals surface area contributed by atoms with E-state index in [1.807, 2.05) is 36.4 Å². The van der Waals surface area contributed by atoms with E-state index in [2.05, 4.69) is 49.1 Å². The van der Waals surface area contributed by atoms with Crippen LogP contribution in [0.3, 0.4) is 0 Å². The van der Waals surface area contributed by atoms with Gasteiger partial charge in [0, 0.05) is 0 Å². The molecule has 0 aliphatic carbocycles. The summed E-state index contributed by atoms with van der Waals surface area (Å²) in [5.41, 5.74) is 1.62. The zero-order chi connectivity index (χ0) is 16.5. The van der Waals surface area contributed by atoms with E-state index in [0.29, 0.717) is 0 Å². The highest BCUT2D eigenvalue weighted by Crippen LogP contribution is 2.36. The molecule has 2 rings (SSSR count). The third-order valence-electron chi connectivity index (χ3n) is 4.64. The molecule has 2 aromatic carbocycles. The Morgan fingerprint density at radius 2 is 1.35 bits per heavy atom. The number of nitriles is 1. The fraction of sp³-hybridized carbons (Fsp3) is 0.381. The first-order valence-corrected chi connectivity index (χ1v) is 8.51. The van der Waals surface area contributed by atoms with E-state index in [9.17, 15) is 5.26 Å². The Bertz CT molecular complexity index is 570. The lowest BCUT2D eigenvalue weighted by atomic mass is 9.72. The predicted octanol–water partition coefficient (Wildman–Crippen LogP) is 4.62. The molecule has 0 atom stereocenters. The molecule has 120 valence electrons. The quantitative estimate of drug-likeness (QED) is 0.711. The number of nitrogens with zero attached hydrogens (tertiary/aromatic N) is 2. The van der Waals surface area contributed by atoms with Crippen LogP contribution in [0.15, 0.2) is 60.7 Å². The molecular weight excluding hydrogens is 280 g/mol. The normalized spacial score (nSPS) is 11.4. The first kappa shape index (κ1) is 17.2. The van der Waals surface area contributed by atoms with Gasteiger partial charge in [-0.3, -0.25) is 0 Å². The molecule has 0 N–H and O–H groups in total. The van der Waals surface area contributed by atoms with E-state index in [0.717, 1.165) is 43.6 Å². The van der Waals surface area contributed by atoms with E-state index in [1.54, 1.807) is 0 Å². The van der Waals surface area contributed by atoms with Gasteiger partial charge in [-0.2, -0.15) is 5.26 Å². The van der Waals surface area contributed by atoms with Crippen molar-refractivity contribution in [3.63, 3.8) is 0 Å². The van der Waals surface area contributed by atoms with Crippen molar-refractivity contribution in [1.82, 2.24) is 4.90 Å². The molecule has 23 heavy (non-hydrogen) atoms. The Morgan fingerprint density at radius 3 is 1.74 bits per heavy atom. The van der Waals surface area contributed by atoms with Gasteiger partial charge < -0.3 is 4.90 Å². The van der Waals surface area contributed by atoms with E-state index in [4.69, 9.17) is 0 Å². The Morgan fingerprint density at radius 1 is 0.870 bits per heavy atom. The van der Waals surface area contributed by atoms with Crippen LogP contribution in [0.4, 0.5) is 0 Å². The van der Waals surface area contributed by atoms with Gasteiger partial charge in [-0.05, 0) is 43.6 Å². The van der Waals surface area contributed by atoms with E-state index >= 15 is 0 Å². The first-order chi connectivity index (χ1) is 11.3. The number of hydrogen-bond donors (Lipinski definition) is 0. The summed E-state index contributed by atoms with van der Waals surface area (Å²) in [4.78, 5) is 2.41. The summed E-state index contributed by atoms with van der Waals surface area (Å²) in [5.74, 6) is 0. The fourth-order valence-corrected chi connectivity index (χ4v) is 3.19. The molecule has 0 spiro atoms. The molecule has 0 radical (unpaired) electrons. The predicted molar refractivity (Wildman–Crippen MR) is 96.3 cm³/mol. The summed E-state index contributed by atoms with van der Waals surface area (Å²) in [6.07, 6.45) is 1.85. The number of hydrogen-bond acceptors (Lipinski definition) is 2. The van der Waals surface area contributed by atoms with E-state index in [1.165, 1.54) is 0 Å². The van der Waals surface area contributed by atoms with Crippen molar-refractivity contribution in [1.29, 1.82) is 5.26 Å². The topological polar surface area (TPSA) is 27.0 Å². The van der Waals surface area contributed by atoms with Crippen LogP contribution in [-0.4, -0.2) is 24.5 Å². The van der Waals surface area contributed by atoms with E-state index < -0.39 is 5.41 Å². The van der Waals surface area contributed by atoms with Crippen LogP contribution in [0.5, 0.6) is 0 Å². The summed E-state index contributed by atoms with van der Waals surface area (Å²) >= 11 is 0. The van der Waals surface area contributed by atoms with Crippen molar-refractivity contribution < 1.29 is 0 Å². The Kier molecular flexibility index (Phi) is 6.38. The monoisotopic (exact) mass is 306 g/mol. The smallest absolute Gasteiger partial charge is 0.107 e. The van der Waals surface area contributed by atoms with Crippen LogP contribution in [0.1, 0.15) is 37.8 Å². The third-order valence-corrected chi connectivity index (χ3v) is 4.64. The summed E-state index contributed by atoms with van der Waals surface area (Å²) < 4.78 is 0. The molecule has 0 fully saturated rings. The lowest BCUT2D eigenvalue weighted by Gasteiger charge is -2.29. The molecule has 2 heteroatoms. The Balaban J connectivity index is 2.30. The van der Waals surface area contributed by atoms with Crippen molar-refractivity contribution in [2.24, 2.45) is 0 Å². The lowest BCUT2D eigenvalue weighted by molar-refractivity contribution is 0.291. The van der Waals surface area contributed by atoms with Crippen LogP contribution in [0.2, 0.25) is 0 Å². The zero-order valence-corrected chi connectivity index (χ0v) is 14.2. The van der Waals surface area contributed by atoms with Crippen LogP contribution in [0, 0.1) is 11.3 Å². The second-order valence-electron chi connectivity index (χ2n) is 5.88. The lowest BCUT2D eigenvalue weighted by Crippen LogP contribution is -2.29. The van der Waals surface area contributed by atoms with Gasteiger partial charge in [0.2, 0.25) is 0 Å². The van der Waals surface area contributed by atoms with Crippen molar-refractivity contribution in [3.8, 4) is 6.07 Å². The molecule has 0 saturated carbocycles. The maximum atomic E-state index is 10.1. The minimum atomic E-state index is -0.560. The molecule has 2 aromatic rings. The van der Waals surface area contributed by atoms with Crippen LogP contribution >= 0.6 is 0 Å². The zero-order valence-electron chi connectivity index (χ0n) is 14.2. The largest absolute Gasteiger partial charge is 0.304 e. The maximum Gasteiger partial charge on any atom is 0.107 e. The average Bonchev–Trinajstić information content (AvgIpc) is 2.64. The van der Waals surface area contributed by atoms with Crippen LogP contribution < -0.4 is 0 Å². The molecule has 0 aromatic heterocycles. The second kappa shape index (κ2) is 8.50. The molecule has 0 heterocycles. The molecule has 2 nitrogen and oxygen atoms in total. The van der Waals surface area contributed by atoms with Gasteiger partial charge in [0.25, 0.3) is 0 Å². The average molecular weight is 306 g/mol. The molecule has 0 aliphatic heterocycles. The molecule has 0 unspecified atom stereocenters. The summed E-state index contributed by atoms with van der Waals surface area (Å²) in [5, 5.41) is 10.1. The standard InChI is InChI=1S/C21H26N2/c1-3-23(4-2)17-11-16-21(18-22,19-12-7-5-8-13-19)20-14-9-6-10-15-20/h5-10,12-15H,3-4,11,16-17H2,1-2H3. The highest BCUT2D eigenvalue weighted by Gasteiger charge is 2.33. The number of benzene rings is 2. The summed E-state index contributed by atoms with van der Waals surface area (Å²) in [6.45, 7) is 7.54. The van der Waals surface area contributed by atoms with E-state index in [-0.39, 0.29) is 0 Å². The van der Waals surface area contributed by atoms with Gasteiger partial charge in [0.1, 0.15) is 5.41 Å². The van der Waals surface area contributed by atoms with Crippen molar-refractivity contribution in [2.75, 3.05) is 19.6 Å². The highest BCUT2D eigenvalue weighted by molar-refractivity contribution is 5.45. The first-order valence-electron chi connectivity index (χ1n) is 8.51. The Hall–Kier alpha value is -2.11. The second-order valence-corrected chi connectivity index (χ2v) is 5.88. The van der Waals surface area contributed by atoms with Gasteiger partial charge in [-0.15, -0.1) is 0 Å². The van der Waals surface area contributed by atoms with Crippen molar-refractivity contribution in [2.45, 2.75) is 32.1 Å². The molecular formula is C21H26N2. The third kappa shape index (κ3) is 4.00. The minimum Gasteiger partial charge on any atom is -0.304 e. The SMILES string of the molecule is CCN(CC)CCCC(C#N)(c1ccccc1)c1ccccc1. The summed E-state index contributed by atoms with van der Waals surface area (Å²) in [6, 6.07) is 23.1. The van der Waals surface area contributed by atoms with Crippen LogP contribution in [-0.2, 0) is 5.41 Å². The van der Waals surface area contributed by atoms with Gasteiger partial charge in [-0.1, -0.05) is 74.5 Å². The Labute approximate surface area is 140 Å². The minimum absolute atomic E-state index is 0.560. The fourth-order valence-electron chi connectivity index (χ4n) is 3.19. The molecule has 0 aliphatic rings. The van der Waals surface area contributed by atoms with Gasteiger partial charge in [0.05, 0.1) is 6.07 Å². The highest BCUT2D eigenvalue weighted by atomic mass is 15.1. The van der Waals surface area contributed by atoms with Crippen LogP contribution in [0.25, 0.3) is 0 Å². The number of rotatable bonds is 8. The van der Waals surface area contributed by atoms with Gasteiger partial charge in [0.15, 0.2) is 0 Å². The van der Waals surface area contributed by atoms with Crippen molar-refractivity contribution >= 4 is 0 Å². The molecule has 0 amide bonds. The maximum absolute atomic E-state index is 10.1. The van der Waals surface area contributed by atoms with Gasteiger partial charge in [-0.25, -0.2) is 0 Å². The molecule has 0 bridgehead atoms. The molecule has 0 saturated heterocycles.